The number of rotatable bonds is 4. The Balaban J connectivity index is 2.07. The quantitative estimate of drug-likeness (QED) is 0.769. The van der Waals surface area contributed by atoms with Gasteiger partial charge in [0.2, 0.25) is 0 Å². The van der Waals surface area contributed by atoms with Gasteiger partial charge in [0.1, 0.15) is 0 Å². The molecule has 1 aromatic heterocycles. The SMILES string of the molecule is Cc1cc(Nc2ccc(C(=O)[O-])cc2)c2cccc(C(=O)[O-])c2n1. The van der Waals surface area contributed by atoms with E-state index in [1.54, 1.807) is 37.3 Å². The van der Waals surface area contributed by atoms with Crippen molar-refractivity contribution in [2.24, 2.45) is 0 Å². The first-order chi connectivity index (χ1) is 11.5. The molecule has 24 heavy (non-hydrogen) atoms. The zero-order chi connectivity index (χ0) is 17.3. The van der Waals surface area contributed by atoms with Gasteiger partial charge in [-0.1, -0.05) is 30.3 Å². The van der Waals surface area contributed by atoms with Crippen molar-refractivity contribution < 1.29 is 19.8 Å². The Morgan fingerprint density at radius 1 is 1.00 bits per heavy atom. The average molecular weight is 320 g/mol. The van der Waals surface area contributed by atoms with Gasteiger partial charge < -0.3 is 25.1 Å². The van der Waals surface area contributed by atoms with Crippen molar-refractivity contribution in [3.63, 3.8) is 0 Å². The van der Waals surface area contributed by atoms with Crippen LogP contribution in [0.5, 0.6) is 0 Å². The normalized spacial score (nSPS) is 10.5. The first-order valence-electron chi connectivity index (χ1n) is 7.16. The molecule has 0 fully saturated rings. The highest BCUT2D eigenvalue weighted by atomic mass is 16.4. The Hall–Kier alpha value is -3.41. The molecular weight excluding hydrogens is 308 g/mol. The molecule has 0 aliphatic rings. The number of hydrogen-bond donors (Lipinski definition) is 1. The third-order valence-electron chi connectivity index (χ3n) is 3.59. The summed E-state index contributed by atoms with van der Waals surface area (Å²) in [7, 11) is 0. The van der Waals surface area contributed by atoms with Crippen LogP contribution in [-0.2, 0) is 0 Å². The summed E-state index contributed by atoms with van der Waals surface area (Å²) in [5.74, 6) is -2.53. The van der Waals surface area contributed by atoms with Crippen molar-refractivity contribution in [3.8, 4) is 0 Å². The molecule has 6 nitrogen and oxygen atoms in total. The van der Waals surface area contributed by atoms with Crippen LogP contribution in [0.2, 0.25) is 0 Å². The van der Waals surface area contributed by atoms with Crippen molar-refractivity contribution in [3.05, 3.63) is 65.4 Å². The summed E-state index contributed by atoms with van der Waals surface area (Å²) in [6.07, 6.45) is 0. The highest BCUT2D eigenvalue weighted by Gasteiger charge is 2.09. The Morgan fingerprint density at radius 2 is 1.71 bits per heavy atom. The number of aryl methyl sites for hydroxylation is 1. The zero-order valence-electron chi connectivity index (χ0n) is 12.7. The van der Waals surface area contributed by atoms with Crippen LogP contribution in [0, 0.1) is 6.92 Å². The largest absolute Gasteiger partial charge is 0.545 e. The van der Waals surface area contributed by atoms with Gasteiger partial charge in [-0.25, -0.2) is 0 Å². The second-order valence-corrected chi connectivity index (χ2v) is 5.29. The fraction of sp³-hybridized carbons (Fsp3) is 0.0556. The Kier molecular flexibility index (Phi) is 3.87. The molecule has 3 aromatic rings. The average Bonchev–Trinajstić information content (AvgIpc) is 2.54. The lowest BCUT2D eigenvalue weighted by atomic mass is 10.1. The molecule has 0 unspecified atom stereocenters. The minimum atomic E-state index is -1.29. The van der Waals surface area contributed by atoms with E-state index in [0.717, 1.165) is 0 Å². The summed E-state index contributed by atoms with van der Waals surface area (Å²) in [5, 5.41) is 25.8. The minimum Gasteiger partial charge on any atom is -0.545 e. The number of pyridine rings is 1. The summed E-state index contributed by atoms with van der Waals surface area (Å²) >= 11 is 0. The van der Waals surface area contributed by atoms with Crippen molar-refractivity contribution in [2.45, 2.75) is 6.92 Å². The lowest BCUT2D eigenvalue weighted by Crippen LogP contribution is -2.22. The van der Waals surface area contributed by atoms with Gasteiger partial charge in [-0.15, -0.1) is 0 Å². The summed E-state index contributed by atoms with van der Waals surface area (Å²) in [6, 6.07) is 12.7. The third-order valence-corrected chi connectivity index (χ3v) is 3.59. The maximum atomic E-state index is 11.3. The topological polar surface area (TPSA) is 105 Å². The Bertz CT molecular complexity index is 949. The van der Waals surface area contributed by atoms with Crippen LogP contribution in [0.4, 0.5) is 11.4 Å². The zero-order valence-corrected chi connectivity index (χ0v) is 12.7. The van der Waals surface area contributed by atoms with E-state index >= 15 is 0 Å². The first kappa shape index (κ1) is 15.5. The maximum Gasteiger partial charge on any atom is 0.0816 e. The minimum absolute atomic E-state index is 0.0200. The molecule has 3 rings (SSSR count). The smallest absolute Gasteiger partial charge is 0.0816 e. The summed E-state index contributed by atoms with van der Waals surface area (Å²) in [6.45, 7) is 1.76. The maximum absolute atomic E-state index is 11.3. The fourth-order valence-corrected chi connectivity index (χ4v) is 2.49. The second kappa shape index (κ2) is 6.00. The van der Waals surface area contributed by atoms with Crippen molar-refractivity contribution >= 4 is 34.2 Å². The molecule has 2 aromatic carbocycles. The van der Waals surface area contributed by atoms with Crippen LogP contribution in [0.15, 0.2) is 48.5 Å². The molecule has 0 amide bonds. The van der Waals surface area contributed by atoms with Crippen LogP contribution >= 0.6 is 0 Å². The molecule has 0 spiro atoms. The molecule has 0 atom stereocenters. The number of nitrogens with zero attached hydrogens (tertiary/aromatic N) is 1. The molecule has 0 saturated carbocycles. The van der Waals surface area contributed by atoms with E-state index in [-0.39, 0.29) is 11.1 Å². The van der Waals surface area contributed by atoms with E-state index < -0.39 is 11.9 Å². The van der Waals surface area contributed by atoms with E-state index in [1.165, 1.54) is 18.2 Å². The van der Waals surface area contributed by atoms with Gasteiger partial charge in [-0.2, -0.15) is 0 Å². The number of aromatic carboxylic acids is 2. The standard InChI is InChI=1S/C18H14N2O4/c1-10-9-15(20-12-7-5-11(6-8-12)17(21)22)13-3-2-4-14(18(23)24)16(13)19-10/h2-9H,1H3,(H,19,20)(H,21,22)(H,23,24)/p-2. The van der Waals surface area contributed by atoms with Gasteiger partial charge in [-0.3, -0.25) is 4.98 Å². The number of carboxylic acid groups (broad SMARTS) is 2. The van der Waals surface area contributed by atoms with Crippen molar-refractivity contribution in [1.29, 1.82) is 0 Å². The molecule has 0 aliphatic heterocycles. The Morgan fingerprint density at radius 3 is 2.33 bits per heavy atom. The predicted molar refractivity (Wildman–Crippen MR) is 84.9 cm³/mol. The van der Waals surface area contributed by atoms with Gasteiger partial charge in [0.25, 0.3) is 0 Å². The summed E-state index contributed by atoms with van der Waals surface area (Å²) in [4.78, 5) is 26.3. The summed E-state index contributed by atoms with van der Waals surface area (Å²) < 4.78 is 0. The number of para-hydroxylation sites is 1. The number of aromatic nitrogens is 1. The van der Waals surface area contributed by atoms with Gasteiger partial charge in [0.05, 0.1) is 17.5 Å². The van der Waals surface area contributed by atoms with Crippen LogP contribution < -0.4 is 15.5 Å². The first-order valence-corrected chi connectivity index (χ1v) is 7.16. The lowest BCUT2D eigenvalue weighted by Gasteiger charge is -2.14. The van der Waals surface area contributed by atoms with Gasteiger partial charge in [0.15, 0.2) is 0 Å². The highest BCUT2D eigenvalue weighted by molar-refractivity contribution is 6.05. The molecule has 1 N–H and O–H groups in total. The molecule has 0 radical (unpaired) electrons. The van der Waals surface area contributed by atoms with E-state index in [9.17, 15) is 19.8 Å². The monoisotopic (exact) mass is 320 g/mol. The predicted octanol–water partition coefficient (Wildman–Crippen LogP) is 1.01. The number of carbonyl (C=O) groups excluding carboxylic acids is 2. The number of carboxylic acids is 2. The number of benzene rings is 2. The second-order valence-electron chi connectivity index (χ2n) is 5.29. The van der Waals surface area contributed by atoms with Crippen molar-refractivity contribution in [2.75, 3.05) is 5.32 Å². The number of hydrogen-bond acceptors (Lipinski definition) is 6. The fourth-order valence-electron chi connectivity index (χ4n) is 2.49. The van der Waals surface area contributed by atoms with E-state index in [4.69, 9.17) is 0 Å². The van der Waals surface area contributed by atoms with Gasteiger partial charge in [-0.05, 0) is 30.7 Å². The lowest BCUT2D eigenvalue weighted by molar-refractivity contribution is -0.256. The molecule has 0 aliphatic carbocycles. The molecule has 6 heteroatoms. The van der Waals surface area contributed by atoms with Gasteiger partial charge in [0, 0.05) is 28.0 Å². The van der Waals surface area contributed by atoms with E-state index in [0.29, 0.717) is 28.0 Å². The number of carbonyl (C=O) groups is 2. The van der Waals surface area contributed by atoms with Crippen LogP contribution in [0.25, 0.3) is 10.9 Å². The molecular formula is C18H12N2O4-2. The highest BCUT2D eigenvalue weighted by Crippen LogP contribution is 2.28. The molecule has 0 bridgehead atoms. The third kappa shape index (κ3) is 2.89. The Labute approximate surface area is 137 Å². The molecule has 1 heterocycles. The van der Waals surface area contributed by atoms with Gasteiger partial charge >= 0.3 is 0 Å². The molecule has 0 saturated heterocycles. The van der Waals surface area contributed by atoms with E-state index in [1.807, 2.05) is 0 Å². The van der Waals surface area contributed by atoms with Crippen LogP contribution in [0.1, 0.15) is 26.4 Å². The van der Waals surface area contributed by atoms with Crippen molar-refractivity contribution in [1.82, 2.24) is 4.98 Å². The number of nitrogens with one attached hydrogen (secondary N) is 1. The number of anilines is 2. The van der Waals surface area contributed by atoms with Crippen LogP contribution in [0.3, 0.4) is 0 Å². The summed E-state index contributed by atoms with van der Waals surface area (Å²) in [5.41, 5.74) is 2.41. The van der Waals surface area contributed by atoms with Crippen LogP contribution in [-0.4, -0.2) is 16.9 Å². The molecule has 120 valence electrons. The number of fused-ring (bicyclic) bond motifs is 1. The van der Waals surface area contributed by atoms with E-state index in [2.05, 4.69) is 10.3 Å².